The van der Waals surface area contributed by atoms with Crippen molar-refractivity contribution in [2.24, 2.45) is 0 Å². The lowest BCUT2D eigenvalue weighted by Crippen LogP contribution is -2.45. The van der Waals surface area contributed by atoms with Crippen LogP contribution in [-0.4, -0.2) is 60.8 Å². The molecule has 1 N–H and O–H groups in total. The first-order valence-corrected chi connectivity index (χ1v) is 9.53. The Morgan fingerprint density at radius 2 is 1.89 bits per heavy atom. The molecular formula is C20H27N3O5. The van der Waals surface area contributed by atoms with Crippen molar-refractivity contribution in [2.45, 2.75) is 45.3 Å². The summed E-state index contributed by atoms with van der Waals surface area (Å²) in [5, 5.41) is 2.86. The summed E-state index contributed by atoms with van der Waals surface area (Å²) in [6, 6.07) is 6.54. The Labute approximate surface area is 164 Å². The lowest BCUT2D eigenvalue weighted by Gasteiger charge is -2.28. The van der Waals surface area contributed by atoms with Gasteiger partial charge in [0.2, 0.25) is 5.91 Å². The number of carbonyl (C=O) groups excluding carboxylic acids is 3. The van der Waals surface area contributed by atoms with E-state index in [-0.39, 0.29) is 18.4 Å². The third-order valence-corrected chi connectivity index (χ3v) is 4.62. The zero-order valence-electron chi connectivity index (χ0n) is 16.6. The molecule has 0 aliphatic carbocycles. The molecule has 8 nitrogen and oxygen atoms in total. The molecule has 1 atom stereocenters. The van der Waals surface area contributed by atoms with Gasteiger partial charge < -0.3 is 19.7 Å². The van der Waals surface area contributed by atoms with E-state index in [9.17, 15) is 14.4 Å². The van der Waals surface area contributed by atoms with E-state index >= 15 is 0 Å². The minimum absolute atomic E-state index is 0.0815. The summed E-state index contributed by atoms with van der Waals surface area (Å²) in [5.41, 5.74) is 0.779. The third-order valence-electron chi connectivity index (χ3n) is 4.62. The molecule has 0 aromatic heterocycles. The monoisotopic (exact) mass is 389 g/mol. The number of ether oxygens (including phenoxy) is 2. The van der Waals surface area contributed by atoms with Crippen molar-refractivity contribution in [1.29, 1.82) is 0 Å². The van der Waals surface area contributed by atoms with Crippen LogP contribution in [0.15, 0.2) is 24.3 Å². The molecule has 3 amide bonds. The van der Waals surface area contributed by atoms with Crippen LogP contribution in [0.1, 0.15) is 33.6 Å². The fourth-order valence-electron chi connectivity index (χ4n) is 3.32. The second-order valence-electron chi connectivity index (χ2n) is 7.97. The van der Waals surface area contributed by atoms with Crippen LogP contribution in [0.5, 0.6) is 0 Å². The Kier molecular flexibility index (Phi) is 5.88. The molecule has 1 unspecified atom stereocenters. The van der Waals surface area contributed by atoms with Crippen LogP contribution < -0.4 is 10.2 Å². The predicted octanol–water partition coefficient (Wildman–Crippen LogP) is 2.39. The number of carbonyl (C=O) groups is 3. The summed E-state index contributed by atoms with van der Waals surface area (Å²) in [4.78, 5) is 40.1. The van der Waals surface area contributed by atoms with E-state index in [0.717, 1.165) is 12.1 Å². The molecule has 8 heteroatoms. The number of nitrogens with zero attached hydrogens (tertiary/aromatic N) is 2. The molecule has 2 aliphatic rings. The number of morpholine rings is 1. The van der Waals surface area contributed by atoms with E-state index in [1.54, 1.807) is 49.9 Å². The van der Waals surface area contributed by atoms with Crippen molar-refractivity contribution in [3.63, 3.8) is 0 Å². The molecule has 1 aromatic carbocycles. The van der Waals surface area contributed by atoms with E-state index < -0.39 is 17.7 Å². The van der Waals surface area contributed by atoms with Crippen molar-refractivity contribution < 1.29 is 23.9 Å². The number of nitrogens with one attached hydrogen (secondary N) is 1. The van der Waals surface area contributed by atoms with Gasteiger partial charge in [0.05, 0.1) is 6.61 Å². The molecule has 2 saturated heterocycles. The predicted molar refractivity (Wildman–Crippen MR) is 104 cm³/mol. The van der Waals surface area contributed by atoms with Gasteiger partial charge in [-0.1, -0.05) is 0 Å². The van der Waals surface area contributed by atoms with Crippen LogP contribution in [0.3, 0.4) is 0 Å². The summed E-state index contributed by atoms with van der Waals surface area (Å²) in [7, 11) is 0. The van der Waals surface area contributed by atoms with Gasteiger partial charge in [0.15, 0.2) is 0 Å². The lowest BCUT2D eigenvalue weighted by molar-refractivity contribution is -0.125. The number of hydrogen-bond donors (Lipinski definition) is 1. The lowest BCUT2D eigenvalue weighted by atomic mass is 10.2. The summed E-state index contributed by atoms with van der Waals surface area (Å²) >= 11 is 0. The van der Waals surface area contributed by atoms with E-state index in [1.165, 1.54) is 4.90 Å². The molecule has 2 aliphatic heterocycles. The Bertz CT molecular complexity index is 741. The summed E-state index contributed by atoms with van der Waals surface area (Å²) in [5.74, 6) is -0.319. The maximum absolute atomic E-state index is 12.7. The number of amides is 3. The zero-order chi connectivity index (χ0) is 20.3. The molecule has 28 heavy (non-hydrogen) atoms. The highest BCUT2D eigenvalue weighted by Gasteiger charge is 2.36. The minimum atomic E-state index is -0.604. The third kappa shape index (κ3) is 4.81. The van der Waals surface area contributed by atoms with Gasteiger partial charge in [-0.25, -0.2) is 4.79 Å². The molecule has 1 aromatic rings. The van der Waals surface area contributed by atoms with Crippen molar-refractivity contribution in [1.82, 2.24) is 4.90 Å². The molecule has 152 valence electrons. The standard InChI is InChI=1S/C20H27N3O5/c1-20(2,3)28-19(26)23-10-4-5-16(23)18(25)21-14-6-8-15(9-7-14)22-11-12-27-13-17(22)24/h6-9,16H,4-5,10-13H2,1-3H3,(H,21,25). The number of anilines is 2. The number of rotatable bonds is 3. The maximum Gasteiger partial charge on any atom is 0.410 e. The van der Waals surface area contributed by atoms with Gasteiger partial charge >= 0.3 is 6.09 Å². The van der Waals surface area contributed by atoms with Gasteiger partial charge in [-0.3, -0.25) is 14.5 Å². The van der Waals surface area contributed by atoms with Gasteiger partial charge in [0, 0.05) is 24.5 Å². The van der Waals surface area contributed by atoms with Crippen molar-refractivity contribution in [3.8, 4) is 0 Å². The average Bonchev–Trinajstić information content (AvgIpc) is 3.12. The molecule has 0 radical (unpaired) electrons. The Balaban J connectivity index is 1.62. The van der Waals surface area contributed by atoms with Gasteiger partial charge in [0.1, 0.15) is 18.2 Å². The maximum atomic E-state index is 12.7. The second-order valence-corrected chi connectivity index (χ2v) is 7.97. The van der Waals surface area contributed by atoms with Gasteiger partial charge in [-0.2, -0.15) is 0 Å². The summed E-state index contributed by atoms with van der Waals surface area (Å²) < 4.78 is 10.5. The van der Waals surface area contributed by atoms with E-state index in [4.69, 9.17) is 9.47 Å². The zero-order valence-corrected chi connectivity index (χ0v) is 16.6. The van der Waals surface area contributed by atoms with Crippen LogP contribution in [0.4, 0.5) is 16.2 Å². The largest absolute Gasteiger partial charge is 0.444 e. The fourth-order valence-corrected chi connectivity index (χ4v) is 3.32. The molecule has 2 heterocycles. The Morgan fingerprint density at radius 3 is 2.54 bits per heavy atom. The Morgan fingerprint density at radius 1 is 1.18 bits per heavy atom. The highest BCUT2D eigenvalue weighted by atomic mass is 16.6. The highest BCUT2D eigenvalue weighted by Crippen LogP contribution is 2.24. The first-order valence-electron chi connectivity index (χ1n) is 9.53. The Hall–Kier alpha value is -2.61. The molecule has 0 saturated carbocycles. The van der Waals surface area contributed by atoms with Crippen LogP contribution in [0, 0.1) is 0 Å². The van der Waals surface area contributed by atoms with Crippen LogP contribution in [0.2, 0.25) is 0 Å². The molecule has 0 bridgehead atoms. The van der Waals surface area contributed by atoms with Crippen molar-refractivity contribution in [3.05, 3.63) is 24.3 Å². The summed E-state index contributed by atoms with van der Waals surface area (Å²) in [6.45, 7) is 7.01. The fraction of sp³-hybridized carbons (Fsp3) is 0.550. The quantitative estimate of drug-likeness (QED) is 0.858. The van der Waals surface area contributed by atoms with Crippen LogP contribution in [0.25, 0.3) is 0 Å². The van der Waals surface area contributed by atoms with E-state index in [2.05, 4.69) is 5.32 Å². The van der Waals surface area contributed by atoms with Crippen LogP contribution >= 0.6 is 0 Å². The number of likely N-dealkylation sites (tertiary alicyclic amines) is 1. The normalized spacial score (nSPS) is 20.2. The number of benzene rings is 1. The molecular weight excluding hydrogens is 362 g/mol. The van der Waals surface area contributed by atoms with Gasteiger partial charge in [-0.15, -0.1) is 0 Å². The van der Waals surface area contributed by atoms with E-state index in [1.807, 2.05) is 0 Å². The number of hydrogen-bond acceptors (Lipinski definition) is 5. The highest BCUT2D eigenvalue weighted by molar-refractivity contribution is 5.98. The first kappa shape index (κ1) is 20.1. The minimum Gasteiger partial charge on any atom is -0.444 e. The molecule has 0 spiro atoms. The molecule has 2 fully saturated rings. The van der Waals surface area contributed by atoms with Crippen molar-refractivity contribution >= 4 is 29.3 Å². The SMILES string of the molecule is CC(C)(C)OC(=O)N1CCCC1C(=O)Nc1ccc(N2CCOCC2=O)cc1. The smallest absolute Gasteiger partial charge is 0.410 e. The second kappa shape index (κ2) is 8.18. The van der Waals surface area contributed by atoms with E-state index in [0.29, 0.717) is 31.8 Å². The average molecular weight is 389 g/mol. The van der Waals surface area contributed by atoms with Gasteiger partial charge in [-0.05, 0) is 57.9 Å². The van der Waals surface area contributed by atoms with Crippen LogP contribution in [-0.2, 0) is 19.1 Å². The molecule has 3 rings (SSSR count). The first-order chi connectivity index (χ1) is 13.2. The van der Waals surface area contributed by atoms with Gasteiger partial charge in [0.25, 0.3) is 5.91 Å². The summed E-state index contributed by atoms with van der Waals surface area (Å²) in [6.07, 6.45) is 0.896. The van der Waals surface area contributed by atoms with Crippen molar-refractivity contribution in [2.75, 3.05) is 36.5 Å². The topological polar surface area (TPSA) is 88.2 Å².